The lowest BCUT2D eigenvalue weighted by atomic mass is 9.89. The van der Waals surface area contributed by atoms with E-state index in [0.29, 0.717) is 34.9 Å². The molecule has 73 heavy (non-hydrogen) atoms. The van der Waals surface area contributed by atoms with Crippen LogP contribution in [-0.2, 0) is 0 Å². The van der Waals surface area contributed by atoms with Crippen molar-refractivity contribution in [3.05, 3.63) is 231 Å². The summed E-state index contributed by atoms with van der Waals surface area (Å²) in [5.74, 6) is 3.61. The Bertz CT molecular complexity index is 4480. The number of benzene rings is 10. The first-order valence-corrected chi connectivity index (χ1v) is 24.4. The van der Waals surface area contributed by atoms with Gasteiger partial charge in [0, 0.05) is 72.1 Å². The topological polar surface area (TPSA) is 94.6 Å². The van der Waals surface area contributed by atoms with Crippen LogP contribution in [0.25, 0.3) is 150 Å². The number of hydrogen-bond acceptors (Lipinski definition) is 7. The molecule has 0 N–H and O–H groups in total. The SMILES string of the molecule is c1ccc(-c2nc(-c3ccccc3)nc(-c3ccc4c(c3)c3cc(-c5nc(-c6ccccc6)nc(-c6ccccc6)n5)cc5c6ccc(-c7c8ccccc8cc8cccnc78)c7cccc(c76)n4c53)n2)cc1. The molecule has 5 aromatic heterocycles. The molecule has 15 rings (SSSR count). The summed E-state index contributed by atoms with van der Waals surface area (Å²) >= 11 is 0. The van der Waals surface area contributed by atoms with E-state index in [2.05, 4.69) is 101 Å². The van der Waals surface area contributed by atoms with Crippen LogP contribution < -0.4 is 0 Å². The van der Waals surface area contributed by atoms with Crippen molar-refractivity contribution in [2.75, 3.05) is 0 Å². The van der Waals surface area contributed by atoms with Gasteiger partial charge >= 0.3 is 0 Å². The van der Waals surface area contributed by atoms with Crippen molar-refractivity contribution >= 4 is 70.5 Å². The zero-order chi connectivity index (χ0) is 48.0. The lowest BCUT2D eigenvalue weighted by Gasteiger charge is -2.18. The summed E-state index contributed by atoms with van der Waals surface area (Å²) in [4.78, 5) is 36.0. The molecule has 0 aliphatic carbocycles. The second kappa shape index (κ2) is 16.3. The Balaban J connectivity index is 1.05. The Labute approximate surface area is 418 Å². The quantitative estimate of drug-likeness (QED) is 0.116. The van der Waals surface area contributed by atoms with Gasteiger partial charge in [-0.3, -0.25) is 4.98 Å². The predicted octanol–water partition coefficient (Wildman–Crippen LogP) is 15.7. The van der Waals surface area contributed by atoms with Crippen molar-refractivity contribution in [1.29, 1.82) is 0 Å². The molecule has 5 heterocycles. The summed E-state index contributed by atoms with van der Waals surface area (Å²) in [5, 5.41) is 10.1. The molecule has 0 aliphatic rings. The van der Waals surface area contributed by atoms with Gasteiger partial charge in [-0.1, -0.05) is 176 Å². The zero-order valence-corrected chi connectivity index (χ0v) is 39.0. The van der Waals surface area contributed by atoms with Crippen molar-refractivity contribution < 1.29 is 0 Å². The van der Waals surface area contributed by atoms with E-state index in [-0.39, 0.29) is 0 Å². The summed E-state index contributed by atoms with van der Waals surface area (Å²) in [7, 11) is 0. The summed E-state index contributed by atoms with van der Waals surface area (Å²) in [6.07, 6.45) is 1.90. The van der Waals surface area contributed by atoms with E-state index in [9.17, 15) is 0 Å². The van der Waals surface area contributed by atoms with Crippen molar-refractivity contribution in [2.45, 2.75) is 0 Å². The van der Waals surface area contributed by atoms with E-state index in [4.69, 9.17) is 34.9 Å². The number of hydrogen-bond donors (Lipinski definition) is 0. The van der Waals surface area contributed by atoms with Crippen LogP contribution in [0.1, 0.15) is 0 Å². The molecule has 0 aliphatic heterocycles. The fourth-order valence-electron chi connectivity index (χ4n) is 10.9. The summed E-state index contributed by atoms with van der Waals surface area (Å²) in [6, 6.07) is 78.1. The Morgan fingerprint density at radius 2 is 0.781 bits per heavy atom. The van der Waals surface area contributed by atoms with E-state index in [0.717, 1.165) is 110 Å². The molecule has 15 aromatic rings. The molecule has 0 saturated carbocycles. The first-order chi connectivity index (χ1) is 36.2. The van der Waals surface area contributed by atoms with E-state index >= 15 is 0 Å². The maximum absolute atomic E-state index is 5.27. The van der Waals surface area contributed by atoms with Crippen LogP contribution in [0.3, 0.4) is 0 Å². The van der Waals surface area contributed by atoms with E-state index < -0.39 is 0 Å². The highest BCUT2D eigenvalue weighted by Gasteiger charge is 2.24. The van der Waals surface area contributed by atoms with Gasteiger partial charge in [0.2, 0.25) is 0 Å². The Morgan fingerprint density at radius 3 is 1.38 bits per heavy atom. The van der Waals surface area contributed by atoms with Crippen LogP contribution in [0.4, 0.5) is 0 Å². The molecule has 0 spiro atoms. The molecule has 338 valence electrons. The van der Waals surface area contributed by atoms with Gasteiger partial charge in [-0.05, 0) is 75.6 Å². The monoisotopic (exact) mass is 930 g/mol. The van der Waals surface area contributed by atoms with Crippen LogP contribution >= 0.6 is 0 Å². The van der Waals surface area contributed by atoms with Crippen molar-refractivity contribution in [1.82, 2.24) is 39.3 Å². The average Bonchev–Trinajstić information content (AvgIpc) is 3.80. The van der Waals surface area contributed by atoms with Gasteiger partial charge in [-0.15, -0.1) is 0 Å². The molecular weight excluding hydrogens is 893 g/mol. The molecule has 0 atom stereocenters. The van der Waals surface area contributed by atoms with Gasteiger partial charge in [-0.2, -0.15) is 0 Å². The molecule has 10 aromatic carbocycles. The molecule has 0 bridgehead atoms. The smallest absolute Gasteiger partial charge is 0.164 e. The average molecular weight is 931 g/mol. The van der Waals surface area contributed by atoms with Crippen LogP contribution in [-0.4, -0.2) is 39.3 Å². The zero-order valence-electron chi connectivity index (χ0n) is 39.0. The maximum atomic E-state index is 5.27. The number of aromatic nitrogens is 8. The third-order valence-corrected chi connectivity index (χ3v) is 14.2. The minimum absolute atomic E-state index is 0.584. The lowest BCUT2D eigenvalue weighted by molar-refractivity contribution is 1.07. The number of pyridine rings is 2. The second-order valence-electron chi connectivity index (χ2n) is 18.5. The lowest BCUT2D eigenvalue weighted by Crippen LogP contribution is -2.00. The van der Waals surface area contributed by atoms with E-state index in [1.54, 1.807) is 0 Å². The molecule has 0 saturated heterocycles. The first-order valence-electron chi connectivity index (χ1n) is 24.4. The largest absolute Gasteiger partial charge is 0.308 e. The normalized spacial score (nSPS) is 11.8. The van der Waals surface area contributed by atoms with Gasteiger partial charge in [-0.25, -0.2) is 29.9 Å². The molecular formula is C65H38N8. The van der Waals surface area contributed by atoms with Crippen LogP contribution in [0.2, 0.25) is 0 Å². The van der Waals surface area contributed by atoms with Gasteiger partial charge in [0.15, 0.2) is 34.9 Å². The standard InChI is InChI=1S/C65H38N8/c1-5-17-39(18-6-1)60-67-61(40-19-7-2-8-20-40)70-64(69-60)45-30-33-54-51(36-45)53-38-46(65-71-62(41-21-9-3-10-22-41)68-63(72-65)42-23-11-4-12-24-42)37-52-50-32-31-49(48-28-15-29-55(56(48)50)73(54)59(52)53)57-47-27-14-13-25-43(47)35-44-26-16-34-66-58(44)57/h1-38H. The minimum atomic E-state index is 0.584. The highest BCUT2D eigenvalue weighted by molar-refractivity contribution is 6.30. The highest BCUT2D eigenvalue weighted by Crippen LogP contribution is 2.47. The first kappa shape index (κ1) is 40.8. The molecule has 0 radical (unpaired) electrons. The predicted molar refractivity (Wildman–Crippen MR) is 296 cm³/mol. The van der Waals surface area contributed by atoms with E-state index in [1.165, 1.54) is 5.39 Å². The fourth-order valence-corrected chi connectivity index (χ4v) is 10.9. The van der Waals surface area contributed by atoms with Crippen LogP contribution in [0.15, 0.2) is 231 Å². The second-order valence-corrected chi connectivity index (χ2v) is 18.5. The van der Waals surface area contributed by atoms with Crippen LogP contribution in [0, 0.1) is 0 Å². The molecule has 8 heteroatoms. The molecule has 0 unspecified atom stereocenters. The maximum Gasteiger partial charge on any atom is 0.164 e. The number of fused-ring (bicyclic) bond motifs is 7. The van der Waals surface area contributed by atoms with Gasteiger partial charge < -0.3 is 4.40 Å². The van der Waals surface area contributed by atoms with Crippen molar-refractivity contribution in [2.24, 2.45) is 0 Å². The summed E-state index contributed by atoms with van der Waals surface area (Å²) < 4.78 is 2.45. The van der Waals surface area contributed by atoms with Crippen molar-refractivity contribution in [3.8, 4) is 79.5 Å². The summed E-state index contributed by atoms with van der Waals surface area (Å²) in [5.41, 5.74) is 11.9. The van der Waals surface area contributed by atoms with E-state index in [1.807, 2.05) is 134 Å². The third kappa shape index (κ3) is 6.58. The molecule has 8 nitrogen and oxygen atoms in total. The third-order valence-electron chi connectivity index (χ3n) is 14.2. The number of rotatable bonds is 7. The molecule has 0 fully saturated rings. The van der Waals surface area contributed by atoms with Gasteiger partial charge in [0.1, 0.15) is 0 Å². The Kier molecular flexibility index (Phi) is 9.09. The minimum Gasteiger partial charge on any atom is -0.308 e. The van der Waals surface area contributed by atoms with Gasteiger partial charge in [0.05, 0.1) is 22.1 Å². The van der Waals surface area contributed by atoms with Crippen molar-refractivity contribution in [3.63, 3.8) is 0 Å². The Hall–Kier alpha value is -10.1. The number of nitrogens with zero attached hydrogens (tertiary/aromatic N) is 8. The highest BCUT2D eigenvalue weighted by atomic mass is 15.0. The fraction of sp³-hybridized carbons (Fsp3) is 0. The van der Waals surface area contributed by atoms with Crippen LogP contribution in [0.5, 0.6) is 0 Å². The van der Waals surface area contributed by atoms with Gasteiger partial charge in [0.25, 0.3) is 0 Å². The molecule has 0 amide bonds. The summed E-state index contributed by atoms with van der Waals surface area (Å²) in [6.45, 7) is 0. The Morgan fingerprint density at radius 1 is 0.288 bits per heavy atom.